The molecule has 0 aliphatic heterocycles. The summed E-state index contributed by atoms with van der Waals surface area (Å²) in [5.41, 5.74) is 0. The van der Waals surface area contributed by atoms with Gasteiger partial charge in [-0.25, -0.2) is 9.97 Å². The number of hydrogen-bond acceptors (Lipinski definition) is 3. The van der Waals surface area contributed by atoms with Gasteiger partial charge in [0.2, 0.25) is 0 Å². The molecule has 4 aromatic rings. The molecular formula is C18H13N3. The fourth-order valence-electron chi connectivity index (χ4n) is 2.60. The normalized spacial score (nSPS) is 10.9. The van der Waals surface area contributed by atoms with E-state index in [1.165, 1.54) is 16.2 Å². The van der Waals surface area contributed by atoms with Crippen molar-refractivity contribution in [2.75, 3.05) is 5.32 Å². The van der Waals surface area contributed by atoms with Crippen LogP contribution in [0.1, 0.15) is 0 Å². The molecule has 0 unspecified atom stereocenters. The second-order valence-corrected chi connectivity index (χ2v) is 4.88. The van der Waals surface area contributed by atoms with Crippen molar-refractivity contribution in [3.05, 3.63) is 73.1 Å². The number of nitrogens with zero attached hydrogens (tertiary/aromatic N) is 2. The zero-order valence-corrected chi connectivity index (χ0v) is 11.3. The molecular weight excluding hydrogens is 258 g/mol. The first-order valence-electron chi connectivity index (χ1n) is 6.86. The summed E-state index contributed by atoms with van der Waals surface area (Å²) in [6, 6.07) is 20.5. The predicted molar refractivity (Wildman–Crippen MR) is 86.8 cm³/mol. The number of rotatable bonds is 2. The molecule has 3 heteroatoms. The van der Waals surface area contributed by atoms with E-state index in [4.69, 9.17) is 0 Å². The van der Waals surface area contributed by atoms with Crippen molar-refractivity contribution in [2.45, 2.75) is 0 Å². The Kier molecular flexibility index (Phi) is 2.75. The first-order chi connectivity index (χ1) is 10.4. The van der Waals surface area contributed by atoms with Crippen LogP contribution >= 0.6 is 0 Å². The Morgan fingerprint density at radius 2 is 1.52 bits per heavy atom. The zero-order valence-electron chi connectivity index (χ0n) is 11.3. The lowest BCUT2D eigenvalue weighted by molar-refractivity contribution is 1.27. The van der Waals surface area contributed by atoms with Crippen LogP contribution in [0.3, 0.4) is 0 Å². The highest BCUT2D eigenvalue weighted by molar-refractivity contribution is 6.10. The molecule has 1 N–H and O–H groups in total. The lowest BCUT2D eigenvalue weighted by Gasteiger charge is -2.09. The Balaban J connectivity index is 1.92. The molecule has 0 saturated carbocycles. The van der Waals surface area contributed by atoms with Gasteiger partial charge >= 0.3 is 0 Å². The average Bonchev–Trinajstić information content (AvgIpc) is 2.56. The highest BCUT2D eigenvalue weighted by Crippen LogP contribution is 2.29. The molecule has 3 nitrogen and oxygen atoms in total. The van der Waals surface area contributed by atoms with Crippen LogP contribution in [0.25, 0.3) is 21.5 Å². The van der Waals surface area contributed by atoms with Gasteiger partial charge in [0.05, 0.1) is 0 Å². The van der Waals surface area contributed by atoms with Gasteiger partial charge in [-0.2, -0.15) is 0 Å². The molecule has 0 fully saturated rings. The summed E-state index contributed by atoms with van der Waals surface area (Å²) in [5.74, 6) is 1.63. The van der Waals surface area contributed by atoms with E-state index in [0.717, 1.165) is 17.0 Å². The van der Waals surface area contributed by atoms with Gasteiger partial charge in [0.25, 0.3) is 0 Å². The Hall–Kier alpha value is -2.94. The molecule has 21 heavy (non-hydrogen) atoms. The van der Waals surface area contributed by atoms with E-state index < -0.39 is 0 Å². The quantitative estimate of drug-likeness (QED) is 0.544. The van der Waals surface area contributed by atoms with E-state index in [9.17, 15) is 0 Å². The van der Waals surface area contributed by atoms with Crippen molar-refractivity contribution in [2.24, 2.45) is 0 Å². The molecule has 100 valence electrons. The van der Waals surface area contributed by atoms with Crippen molar-refractivity contribution < 1.29 is 0 Å². The molecule has 0 saturated heterocycles. The summed E-state index contributed by atoms with van der Waals surface area (Å²) in [4.78, 5) is 8.75. The van der Waals surface area contributed by atoms with Crippen molar-refractivity contribution in [1.29, 1.82) is 0 Å². The first kappa shape index (κ1) is 11.9. The third-order valence-corrected chi connectivity index (χ3v) is 3.58. The van der Waals surface area contributed by atoms with Crippen LogP contribution < -0.4 is 5.32 Å². The Morgan fingerprint density at radius 1 is 0.619 bits per heavy atom. The maximum Gasteiger partial charge on any atom is 0.139 e. The second kappa shape index (κ2) is 4.87. The third-order valence-electron chi connectivity index (χ3n) is 3.58. The van der Waals surface area contributed by atoms with Crippen molar-refractivity contribution in [1.82, 2.24) is 9.97 Å². The lowest BCUT2D eigenvalue weighted by atomic mass is 10.0. The lowest BCUT2D eigenvalue weighted by Crippen LogP contribution is -1.96. The summed E-state index contributed by atoms with van der Waals surface area (Å²) in [7, 11) is 0. The standard InChI is InChI=1S/C18H13N3/c1-2-6-14-13(5-1)8-9-16-15(14)10-12-20-18(16)21-17-7-3-4-11-19-17/h1-12H,(H,19,20,21). The number of hydrogen-bond donors (Lipinski definition) is 1. The van der Waals surface area contributed by atoms with E-state index in [2.05, 4.69) is 57.7 Å². The van der Waals surface area contributed by atoms with Crippen LogP contribution in [0.15, 0.2) is 73.1 Å². The van der Waals surface area contributed by atoms with Gasteiger partial charge in [-0.05, 0) is 34.4 Å². The summed E-state index contributed by atoms with van der Waals surface area (Å²) < 4.78 is 0. The topological polar surface area (TPSA) is 37.8 Å². The fourth-order valence-corrected chi connectivity index (χ4v) is 2.60. The minimum Gasteiger partial charge on any atom is -0.324 e. The van der Waals surface area contributed by atoms with Crippen LogP contribution in [0.4, 0.5) is 11.6 Å². The molecule has 4 rings (SSSR count). The molecule has 0 radical (unpaired) electrons. The zero-order chi connectivity index (χ0) is 14.1. The summed E-state index contributed by atoms with van der Waals surface area (Å²) in [6.45, 7) is 0. The summed E-state index contributed by atoms with van der Waals surface area (Å²) in [6.07, 6.45) is 3.60. The number of pyridine rings is 2. The van der Waals surface area contributed by atoms with E-state index in [-0.39, 0.29) is 0 Å². The van der Waals surface area contributed by atoms with Gasteiger partial charge in [0, 0.05) is 17.8 Å². The first-order valence-corrected chi connectivity index (χ1v) is 6.86. The number of aromatic nitrogens is 2. The number of fused-ring (bicyclic) bond motifs is 3. The highest BCUT2D eigenvalue weighted by Gasteiger charge is 2.06. The summed E-state index contributed by atoms with van der Waals surface area (Å²) >= 11 is 0. The number of benzene rings is 2. The van der Waals surface area contributed by atoms with E-state index in [1.807, 2.05) is 24.4 Å². The molecule has 0 aliphatic rings. The van der Waals surface area contributed by atoms with Crippen LogP contribution in [-0.2, 0) is 0 Å². The molecule has 2 heterocycles. The molecule has 0 spiro atoms. The smallest absolute Gasteiger partial charge is 0.139 e. The Labute approximate surface area is 122 Å². The molecule has 0 atom stereocenters. The fraction of sp³-hybridized carbons (Fsp3) is 0. The summed E-state index contributed by atoms with van der Waals surface area (Å²) in [5, 5.41) is 8.06. The van der Waals surface area contributed by atoms with Gasteiger partial charge in [-0.1, -0.05) is 42.5 Å². The van der Waals surface area contributed by atoms with E-state index >= 15 is 0 Å². The minimum atomic E-state index is 0.797. The second-order valence-electron chi connectivity index (χ2n) is 4.88. The largest absolute Gasteiger partial charge is 0.324 e. The Bertz CT molecular complexity index is 917. The third kappa shape index (κ3) is 2.09. The van der Waals surface area contributed by atoms with Crippen LogP contribution in [-0.4, -0.2) is 9.97 Å². The van der Waals surface area contributed by atoms with Gasteiger partial charge < -0.3 is 5.32 Å². The molecule has 0 amide bonds. The SMILES string of the molecule is c1ccc(Nc2nccc3c2ccc2ccccc23)nc1. The molecule has 2 aromatic carbocycles. The van der Waals surface area contributed by atoms with Crippen LogP contribution in [0.2, 0.25) is 0 Å². The predicted octanol–water partition coefficient (Wildman–Crippen LogP) is 4.53. The van der Waals surface area contributed by atoms with Crippen molar-refractivity contribution >= 4 is 33.2 Å². The maximum atomic E-state index is 4.46. The Morgan fingerprint density at radius 3 is 2.43 bits per heavy atom. The van der Waals surface area contributed by atoms with Crippen LogP contribution in [0.5, 0.6) is 0 Å². The van der Waals surface area contributed by atoms with E-state index in [0.29, 0.717) is 0 Å². The van der Waals surface area contributed by atoms with Gasteiger partial charge in [-0.15, -0.1) is 0 Å². The van der Waals surface area contributed by atoms with Crippen molar-refractivity contribution in [3.8, 4) is 0 Å². The van der Waals surface area contributed by atoms with Gasteiger partial charge in [0.15, 0.2) is 0 Å². The number of anilines is 2. The minimum absolute atomic E-state index is 0.797. The van der Waals surface area contributed by atoms with Crippen LogP contribution in [0, 0.1) is 0 Å². The van der Waals surface area contributed by atoms with Crippen molar-refractivity contribution in [3.63, 3.8) is 0 Å². The monoisotopic (exact) mass is 271 g/mol. The molecule has 0 aliphatic carbocycles. The van der Waals surface area contributed by atoms with Gasteiger partial charge in [0.1, 0.15) is 11.6 Å². The molecule has 2 aromatic heterocycles. The molecule has 0 bridgehead atoms. The van der Waals surface area contributed by atoms with E-state index in [1.54, 1.807) is 6.20 Å². The highest BCUT2D eigenvalue weighted by atomic mass is 15.0. The average molecular weight is 271 g/mol. The van der Waals surface area contributed by atoms with Gasteiger partial charge in [-0.3, -0.25) is 0 Å². The number of nitrogens with one attached hydrogen (secondary N) is 1. The maximum absolute atomic E-state index is 4.46.